The summed E-state index contributed by atoms with van der Waals surface area (Å²) in [6.45, 7) is 5.89. The molecule has 0 aliphatic heterocycles. The third kappa shape index (κ3) is 8.21. The van der Waals surface area contributed by atoms with Crippen LogP contribution >= 0.6 is 0 Å². The minimum absolute atomic E-state index is 0.171. The van der Waals surface area contributed by atoms with Gasteiger partial charge in [0.15, 0.2) is 0 Å². The molecule has 0 aromatic heterocycles. The maximum atomic E-state index is 11.2. The number of nitrogens with one attached hydrogen (secondary N) is 2. The first-order chi connectivity index (χ1) is 6.12. The molecule has 0 unspecified atom stereocenters. The molecule has 0 bridgehead atoms. The van der Waals surface area contributed by atoms with Crippen LogP contribution in [0.15, 0.2) is 0 Å². The first kappa shape index (κ1) is 12.9. The van der Waals surface area contributed by atoms with Crippen molar-refractivity contribution in [2.45, 2.75) is 26.7 Å². The van der Waals surface area contributed by atoms with Crippen molar-refractivity contribution < 1.29 is 8.42 Å². The van der Waals surface area contributed by atoms with Gasteiger partial charge in [0.2, 0.25) is 10.0 Å². The minimum atomic E-state index is -3.04. The fourth-order valence-electron chi connectivity index (χ4n) is 0.860. The molecule has 2 N–H and O–H groups in total. The lowest BCUT2D eigenvalue weighted by atomic mass is 10.3. The van der Waals surface area contributed by atoms with Crippen molar-refractivity contribution in [2.24, 2.45) is 0 Å². The van der Waals surface area contributed by atoms with Crippen LogP contribution in [0.5, 0.6) is 0 Å². The zero-order chi connectivity index (χ0) is 10.2. The van der Waals surface area contributed by atoms with Gasteiger partial charge >= 0.3 is 0 Å². The van der Waals surface area contributed by atoms with E-state index in [0.717, 1.165) is 19.4 Å². The highest BCUT2D eigenvalue weighted by Gasteiger charge is 2.07. The SMILES string of the molecule is CCCCNS(=O)(=O)CCNCC. The molecule has 0 aromatic rings. The Kier molecular flexibility index (Phi) is 7.22. The van der Waals surface area contributed by atoms with Crippen molar-refractivity contribution in [2.75, 3.05) is 25.4 Å². The zero-order valence-corrected chi connectivity index (χ0v) is 9.28. The van der Waals surface area contributed by atoms with E-state index in [1.807, 2.05) is 13.8 Å². The molecule has 13 heavy (non-hydrogen) atoms. The zero-order valence-electron chi connectivity index (χ0n) is 8.47. The van der Waals surface area contributed by atoms with E-state index in [1.54, 1.807) is 0 Å². The molecule has 0 saturated heterocycles. The van der Waals surface area contributed by atoms with E-state index < -0.39 is 10.0 Å². The molecule has 0 saturated carbocycles. The van der Waals surface area contributed by atoms with Gasteiger partial charge in [-0.15, -0.1) is 0 Å². The first-order valence-electron chi connectivity index (χ1n) is 4.80. The lowest BCUT2D eigenvalue weighted by Crippen LogP contribution is -2.32. The molecule has 0 aromatic carbocycles. The second kappa shape index (κ2) is 7.29. The summed E-state index contributed by atoms with van der Waals surface area (Å²) in [6.07, 6.45) is 1.91. The number of hydrogen-bond acceptors (Lipinski definition) is 3. The maximum absolute atomic E-state index is 11.2. The normalized spacial score (nSPS) is 11.8. The van der Waals surface area contributed by atoms with Crippen LogP contribution in [0.3, 0.4) is 0 Å². The van der Waals surface area contributed by atoms with Crippen molar-refractivity contribution in [3.8, 4) is 0 Å². The third-order valence-electron chi connectivity index (χ3n) is 1.65. The topological polar surface area (TPSA) is 58.2 Å². The van der Waals surface area contributed by atoms with E-state index in [-0.39, 0.29) is 5.75 Å². The average Bonchev–Trinajstić information content (AvgIpc) is 2.05. The van der Waals surface area contributed by atoms with Gasteiger partial charge in [0.1, 0.15) is 0 Å². The Morgan fingerprint density at radius 2 is 1.85 bits per heavy atom. The number of unbranched alkanes of at least 4 members (excludes halogenated alkanes) is 1. The number of hydrogen-bond donors (Lipinski definition) is 2. The van der Waals surface area contributed by atoms with E-state index >= 15 is 0 Å². The van der Waals surface area contributed by atoms with Crippen LogP contribution in [0.25, 0.3) is 0 Å². The summed E-state index contributed by atoms with van der Waals surface area (Å²) in [7, 11) is -3.04. The Hall–Kier alpha value is -0.130. The quantitative estimate of drug-likeness (QED) is 0.565. The van der Waals surface area contributed by atoms with Crippen LogP contribution in [-0.4, -0.2) is 33.8 Å². The Morgan fingerprint density at radius 1 is 1.15 bits per heavy atom. The smallest absolute Gasteiger partial charge is 0.212 e. The van der Waals surface area contributed by atoms with E-state index in [4.69, 9.17) is 0 Å². The summed E-state index contributed by atoms with van der Waals surface area (Å²) < 4.78 is 25.0. The molecule has 0 aliphatic carbocycles. The van der Waals surface area contributed by atoms with Gasteiger partial charge in [-0.3, -0.25) is 0 Å². The van der Waals surface area contributed by atoms with Crippen molar-refractivity contribution in [3.05, 3.63) is 0 Å². The van der Waals surface area contributed by atoms with Gasteiger partial charge in [-0.2, -0.15) is 0 Å². The second-order valence-electron chi connectivity index (χ2n) is 2.92. The van der Waals surface area contributed by atoms with Crippen LogP contribution in [0.1, 0.15) is 26.7 Å². The second-order valence-corrected chi connectivity index (χ2v) is 4.85. The number of rotatable bonds is 8. The molecule has 0 atom stereocenters. The molecule has 0 radical (unpaired) electrons. The molecule has 0 heterocycles. The van der Waals surface area contributed by atoms with Gasteiger partial charge in [0, 0.05) is 13.1 Å². The Bertz CT molecular complexity index is 186. The van der Waals surface area contributed by atoms with E-state index in [9.17, 15) is 8.42 Å². The molecule has 5 heteroatoms. The van der Waals surface area contributed by atoms with Gasteiger partial charge in [-0.1, -0.05) is 20.3 Å². The fourth-order valence-corrected chi connectivity index (χ4v) is 1.87. The monoisotopic (exact) mass is 208 g/mol. The molecule has 0 amide bonds. The Labute approximate surface area is 81.2 Å². The van der Waals surface area contributed by atoms with Crippen molar-refractivity contribution in [3.63, 3.8) is 0 Å². The summed E-state index contributed by atoms with van der Waals surface area (Å²) >= 11 is 0. The van der Waals surface area contributed by atoms with Gasteiger partial charge in [-0.25, -0.2) is 13.1 Å². The highest BCUT2D eigenvalue weighted by molar-refractivity contribution is 7.89. The largest absolute Gasteiger partial charge is 0.316 e. The standard InChI is InChI=1S/C8H20N2O2S/c1-3-5-6-10-13(11,12)8-7-9-4-2/h9-10H,3-8H2,1-2H3. The highest BCUT2D eigenvalue weighted by atomic mass is 32.2. The van der Waals surface area contributed by atoms with Crippen LogP contribution in [-0.2, 0) is 10.0 Å². The minimum Gasteiger partial charge on any atom is -0.316 e. The summed E-state index contributed by atoms with van der Waals surface area (Å²) in [5, 5.41) is 2.98. The highest BCUT2D eigenvalue weighted by Crippen LogP contribution is 1.87. The van der Waals surface area contributed by atoms with E-state index in [1.165, 1.54) is 0 Å². The Balaban J connectivity index is 3.55. The molecule has 0 aliphatic rings. The van der Waals surface area contributed by atoms with Crippen LogP contribution in [0, 0.1) is 0 Å². The van der Waals surface area contributed by atoms with Crippen LogP contribution in [0.2, 0.25) is 0 Å². The first-order valence-corrected chi connectivity index (χ1v) is 6.45. The molecular formula is C8H20N2O2S. The van der Waals surface area contributed by atoms with Crippen molar-refractivity contribution in [1.29, 1.82) is 0 Å². The molecular weight excluding hydrogens is 188 g/mol. The number of sulfonamides is 1. The lowest BCUT2D eigenvalue weighted by molar-refractivity contribution is 0.574. The lowest BCUT2D eigenvalue weighted by Gasteiger charge is -2.05. The summed E-state index contributed by atoms with van der Waals surface area (Å²) in [6, 6.07) is 0. The van der Waals surface area contributed by atoms with E-state index in [2.05, 4.69) is 10.0 Å². The fraction of sp³-hybridized carbons (Fsp3) is 1.00. The average molecular weight is 208 g/mol. The van der Waals surface area contributed by atoms with Gasteiger partial charge in [0.05, 0.1) is 5.75 Å². The predicted octanol–water partition coefficient (Wildman–Crippen LogP) is 0.315. The van der Waals surface area contributed by atoms with Crippen LogP contribution < -0.4 is 10.0 Å². The Morgan fingerprint density at radius 3 is 2.38 bits per heavy atom. The molecule has 0 fully saturated rings. The van der Waals surface area contributed by atoms with E-state index in [0.29, 0.717) is 13.1 Å². The summed E-state index contributed by atoms with van der Waals surface area (Å²) in [5.74, 6) is 0.171. The summed E-state index contributed by atoms with van der Waals surface area (Å²) in [4.78, 5) is 0. The van der Waals surface area contributed by atoms with Crippen molar-refractivity contribution in [1.82, 2.24) is 10.0 Å². The van der Waals surface area contributed by atoms with Gasteiger partial charge in [-0.05, 0) is 13.0 Å². The van der Waals surface area contributed by atoms with Crippen molar-refractivity contribution >= 4 is 10.0 Å². The summed E-state index contributed by atoms with van der Waals surface area (Å²) in [5.41, 5.74) is 0. The maximum Gasteiger partial charge on any atom is 0.212 e. The third-order valence-corrected chi connectivity index (χ3v) is 3.04. The molecule has 0 rings (SSSR count). The molecule has 0 spiro atoms. The molecule has 80 valence electrons. The molecule has 4 nitrogen and oxygen atoms in total. The predicted molar refractivity (Wildman–Crippen MR) is 55.2 cm³/mol. The van der Waals surface area contributed by atoms with Crippen LogP contribution in [0.4, 0.5) is 0 Å². The van der Waals surface area contributed by atoms with Gasteiger partial charge < -0.3 is 5.32 Å². The van der Waals surface area contributed by atoms with Gasteiger partial charge in [0.25, 0.3) is 0 Å².